The van der Waals surface area contributed by atoms with E-state index in [0.717, 1.165) is 16.6 Å². The number of hydrogen-bond donors (Lipinski definition) is 2. The number of benzene rings is 2. The molecule has 0 unspecified atom stereocenters. The minimum absolute atomic E-state index is 0.0210. The van der Waals surface area contributed by atoms with Gasteiger partial charge in [0.25, 0.3) is 0 Å². The first kappa shape index (κ1) is 19.0. The largest absolute Gasteiger partial charge is 0.496 e. The molecule has 0 radical (unpaired) electrons. The standard InChI is InChI=1S/C22H24N4O3/c1-3-26-20(27)12-15(21(26)14-8-4-7-11-18(14)29-2)22(28)23-13-19-24-16-9-5-6-10-17(16)25-19/h4-11,15,21H,3,12-13H2,1-2H3,(H,23,28)(H,24,25)/t15-,21+/m1/s1. The Bertz CT molecular complexity index is 1010. The Kier molecular flexibility index (Phi) is 5.20. The monoisotopic (exact) mass is 392 g/mol. The summed E-state index contributed by atoms with van der Waals surface area (Å²) in [6.07, 6.45) is 0.183. The van der Waals surface area contributed by atoms with Gasteiger partial charge in [-0.05, 0) is 25.1 Å². The van der Waals surface area contributed by atoms with Crippen molar-refractivity contribution in [1.82, 2.24) is 20.2 Å². The number of rotatable bonds is 6. The normalized spacial score (nSPS) is 19.0. The Labute approximate surface area is 169 Å². The molecule has 7 nitrogen and oxygen atoms in total. The number of amides is 2. The molecule has 1 saturated heterocycles. The number of ether oxygens (including phenoxy) is 1. The minimum Gasteiger partial charge on any atom is -0.496 e. The second-order valence-corrected chi connectivity index (χ2v) is 7.10. The fourth-order valence-corrected chi connectivity index (χ4v) is 4.09. The lowest BCUT2D eigenvalue weighted by Gasteiger charge is -2.28. The van der Waals surface area contributed by atoms with Gasteiger partial charge in [0.2, 0.25) is 11.8 Å². The number of H-pyrrole nitrogens is 1. The van der Waals surface area contributed by atoms with E-state index in [1.807, 2.05) is 55.5 Å². The molecule has 1 aromatic heterocycles. The van der Waals surface area contributed by atoms with Crippen molar-refractivity contribution in [3.8, 4) is 5.75 Å². The smallest absolute Gasteiger partial charge is 0.226 e. The first-order valence-electron chi connectivity index (χ1n) is 9.76. The Morgan fingerprint density at radius 3 is 2.76 bits per heavy atom. The van der Waals surface area contributed by atoms with Crippen LogP contribution < -0.4 is 10.1 Å². The van der Waals surface area contributed by atoms with E-state index in [2.05, 4.69) is 15.3 Å². The molecule has 3 aromatic rings. The average molecular weight is 392 g/mol. The molecule has 0 bridgehead atoms. The molecule has 1 aliphatic heterocycles. The van der Waals surface area contributed by atoms with E-state index < -0.39 is 5.92 Å². The number of hydrogen-bond acceptors (Lipinski definition) is 4. The van der Waals surface area contributed by atoms with Crippen molar-refractivity contribution in [2.24, 2.45) is 5.92 Å². The van der Waals surface area contributed by atoms with Gasteiger partial charge in [0.05, 0.1) is 36.6 Å². The van der Waals surface area contributed by atoms with Crippen LogP contribution in [0.1, 0.15) is 30.8 Å². The van der Waals surface area contributed by atoms with Crippen LogP contribution in [0.3, 0.4) is 0 Å². The maximum atomic E-state index is 13.1. The van der Waals surface area contributed by atoms with Crippen LogP contribution in [-0.2, 0) is 16.1 Å². The zero-order valence-corrected chi connectivity index (χ0v) is 16.5. The van der Waals surface area contributed by atoms with Crippen molar-refractivity contribution in [2.45, 2.75) is 25.9 Å². The van der Waals surface area contributed by atoms with E-state index >= 15 is 0 Å². The highest BCUT2D eigenvalue weighted by molar-refractivity contribution is 5.90. The molecule has 0 aliphatic carbocycles. The van der Waals surface area contributed by atoms with Crippen molar-refractivity contribution < 1.29 is 14.3 Å². The maximum absolute atomic E-state index is 13.1. The molecule has 1 aliphatic rings. The minimum atomic E-state index is -0.483. The lowest BCUT2D eigenvalue weighted by Crippen LogP contribution is -2.35. The van der Waals surface area contributed by atoms with Gasteiger partial charge in [-0.3, -0.25) is 9.59 Å². The maximum Gasteiger partial charge on any atom is 0.226 e. The van der Waals surface area contributed by atoms with Gasteiger partial charge < -0.3 is 19.9 Å². The summed E-state index contributed by atoms with van der Waals surface area (Å²) in [5.41, 5.74) is 2.64. The van der Waals surface area contributed by atoms with Gasteiger partial charge >= 0.3 is 0 Å². The van der Waals surface area contributed by atoms with Crippen LogP contribution in [0.15, 0.2) is 48.5 Å². The summed E-state index contributed by atoms with van der Waals surface area (Å²) in [7, 11) is 1.60. The van der Waals surface area contributed by atoms with Crippen LogP contribution in [-0.4, -0.2) is 40.3 Å². The number of nitrogens with one attached hydrogen (secondary N) is 2. The summed E-state index contributed by atoms with van der Waals surface area (Å²) in [5, 5.41) is 2.95. The Balaban J connectivity index is 1.56. The van der Waals surface area contributed by atoms with E-state index in [-0.39, 0.29) is 30.8 Å². The van der Waals surface area contributed by atoms with Crippen LogP contribution >= 0.6 is 0 Å². The van der Waals surface area contributed by atoms with Crippen LogP contribution in [0.5, 0.6) is 5.75 Å². The number of fused-ring (bicyclic) bond motifs is 1. The summed E-state index contributed by atoms with van der Waals surface area (Å²) < 4.78 is 5.49. The third-order valence-corrected chi connectivity index (χ3v) is 5.44. The van der Waals surface area contributed by atoms with E-state index in [4.69, 9.17) is 4.74 Å². The summed E-state index contributed by atoms with van der Waals surface area (Å²) >= 11 is 0. The van der Waals surface area contributed by atoms with Gasteiger partial charge in [0, 0.05) is 18.5 Å². The van der Waals surface area contributed by atoms with Gasteiger partial charge in [0.1, 0.15) is 11.6 Å². The fraction of sp³-hybridized carbons (Fsp3) is 0.318. The van der Waals surface area contributed by atoms with Gasteiger partial charge in [-0.1, -0.05) is 30.3 Å². The lowest BCUT2D eigenvalue weighted by molar-refractivity contribution is -0.129. The summed E-state index contributed by atoms with van der Waals surface area (Å²) in [5.74, 6) is 0.701. The number of methoxy groups -OCH3 is 1. The van der Waals surface area contributed by atoms with E-state index in [1.54, 1.807) is 12.0 Å². The molecular weight excluding hydrogens is 368 g/mol. The number of imidazole rings is 1. The van der Waals surface area contributed by atoms with Crippen LogP contribution in [0.2, 0.25) is 0 Å². The lowest BCUT2D eigenvalue weighted by atomic mass is 9.92. The second kappa shape index (κ2) is 7.95. The predicted octanol–water partition coefficient (Wildman–Crippen LogP) is 2.80. The molecule has 0 spiro atoms. The van der Waals surface area contributed by atoms with Crippen molar-refractivity contribution >= 4 is 22.8 Å². The fourth-order valence-electron chi connectivity index (χ4n) is 4.09. The molecule has 2 aromatic carbocycles. The zero-order valence-electron chi connectivity index (χ0n) is 16.5. The number of aromatic amines is 1. The Morgan fingerprint density at radius 1 is 1.24 bits per heavy atom. The molecule has 1 fully saturated rings. The summed E-state index contributed by atoms with van der Waals surface area (Å²) in [4.78, 5) is 35.1. The predicted molar refractivity (Wildman–Crippen MR) is 109 cm³/mol. The second-order valence-electron chi connectivity index (χ2n) is 7.10. The molecule has 0 saturated carbocycles. The van der Waals surface area contributed by atoms with Crippen molar-refractivity contribution in [3.05, 3.63) is 59.9 Å². The van der Waals surface area contributed by atoms with Crippen molar-refractivity contribution in [2.75, 3.05) is 13.7 Å². The highest BCUT2D eigenvalue weighted by atomic mass is 16.5. The number of nitrogens with zero attached hydrogens (tertiary/aromatic N) is 2. The van der Waals surface area contributed by atoms with E-state index in [0.29, 0.717) is 18.1 Å². The van der Waals surface area contributed by atoms with Crippen molar-refractivity contribution in [3.63, 3.8) is 0 Å². The Morgan fingerprint density at radius 2 is 2.00 bits per heavy atom. The molecule has 7 heteroatoms. The topological polar surface area (TPSA) is 87.3 Å². The number of carbonyl (C=O) groups excluding carboxylic acids is 2. The number of para-hydroxylation sites is 3. The average Bonchev–Trinajstić information content (AvgIpc) is 3.32. The third-order valence-electron chi connectivity index (χ3n) is 5.44. The molecule has 4 rings (SSSR count). The summed E-state index contributed by atoms with van der Waals surface area (Å²) in [6.45, 7) is 2.74. The quantitative estimate of drug-likeness (QED) is 0.675. The number of likely N-dealkylation sites (tertiary alicyclic amines) is 1. The summed E-state index contributed by atoms with van der Waals surface area (Å²) in [6, 6.07) is 14.9. The van der Waals surface area contributed by atoms with E-state index in [9.17, 15) is 9.59 Å². The molecule has 2 atom stereocenters. The SMILES string of the molecule is CCN1C(=O)C[C@@H](C(=O)NCc2nc3ccccc3[nH]2)[C@@H]1c1ccccc1OC. The molecule has 29 heavy (non-hydrogen) atoms. The van der Waals surface area contributed by atoms with Gasteiger partial charge in [-0.25, -0.2) is 4.98 Å². The third kappa shape index (κ3) is 3.55. The van der Waals surface area contributed by atoms with E-state index in [1.165, 1.54) is 0 Å². The molecule has 2 N–H and O–H groups in total. The van der Waals surface area contributed by atoms with Crippen molar-refractivity contribution in [1.29, 1.82) is 0 Å². The number of carbonyl (C=O) groups is 2. The van der Waals surface area contributed by atoms with Gasteiger partial charge in [-0.2, -0.15) is 0 Å². The first-order chi connectivity index (χ1) is 14.1. The highest BCUT2D eigenvalue weighted by Gasteiger charge is 2.44. The van der Waals surface area contributed by atoms with Crippen LogP contribution in [0, 0.1) is 5.92 Å². The molecule has 2 amide bonds. The zero-order chi connectivity index (χ0) is 20.4. The van der Waals surface area contributed by atoms with Gasteiger partial charge in [-0.15, -0.1) is 0 Å². The van der Waals surface area contributed by atoms with Crippen LogP contribution in [0.25, 0.3) is 11.0 Å². The molecule has 2 heterocycles. The van der Waals surface area contributed by atoms with Gasteiger partial charge in [0.15, 0.2) is 0 Å². The molecular formula is C22H24N4O3. The highest BCUT2D eigenvalue weighted by Crippen LogP contribution is 2.41. The Hall–Kier alpha value is -3.35. The first-order valence-corrected chi connectivity index (χ1v) is 9.76. The van der Waals surface area contributed by atoms with Crippen LogP contribution in [0.4, 0.5) is 0 Å². The number of aromatic nitrogens is 2. The molecule has 150 valence electrons.